The van der Waals surface area contributed by atoms with Crippen LogP contribution in [0.25, 0.3) is 0 Å². The first-order chi connectivity index (χ1) is 20.4. The van der Waals surface area contributed by atoms with Gasteiger partial charge in [-0.15, -0.1) is 0 Å². The Kier molecular flexibility index (Phi) is 14.8. The highest BCUT2D eigenvalue weighted by molar-refractivity contribution is 4.97. The molecule has 3 aliphatic heterocycles. The summed E-state index contributed by atoms with van der Waals surface area (Å²) in [5, 5.41) is 0. The molecule has 7 nitrogen and oxygen atoms in total. The number of methoxy groups -OCH3 is 1. The molecule has 1 saturated carbocycles. The summed E-state index contributed by atoms with van der Waals surface area (Å²) in [5.74, 6) is 1.77. The van der Waals surface area contributed by atoms with Crippen molar-refractivity contribution in [3.8, 4) is 0 Å². The maximum Gasteiger partial charge on any atom is 0.0571 e. The molecular formula is C35H69N5O2. The fourth-order valence-electron chi connectivity index (χ4n) is 8.34. The van der Waals surface area contributed by atoms with Gasteiger partial charge in [0.1, 0.15) is 0 Å². The third kappa shape index (κ3) is 10.7. The second kappa shape index (κ2) is 18.0. The van der Waals surface area contributed by atoms with Gasteiger partial charge in [0.15, 0.2) is 0 Å². The molecule has 0 radical (unpaired) electrons. The highest BCUT2D eigenvalue weighted by Gasteiger charge is 2.40. The van der Waals surface area contributed by atoms with Gasteiger partial charge < -0.3 is 19.3 Å². The van der Waals surface area contributed by atoms with Gasteiger partial charge in [-0.25, -0.2) is 0 Å². The Hall–Kier alpha value is -0.280. The molecule has 2 unspecified atom stereocenters. The van der Waals surface area contributed by atoms with Crippen molar-refractivity contribution in [1.29, 1.82) is 0 Å². The van der Waals surface area contributed by atoms with Crippen LogP contribution in [0.3, 0.4) is 0 Å². The van der Waals surface area contributed by atoms with Crippen molar-refractivity contribution in [2.75, 3.05) is 92.3 Å². The number of rotatable bonds is 15. The summed E-state index contributed by atoms with van der Waals surface area (Å²) in [6.45, 7) is 27.4. The van der Waals surface area contributed by atoms with E-state index in [0.29, 0.717) is 30.3 Å². The van der Waals surface area contributed by atoms with E-state index in [1.807, 2.05) is 7.11 Å². The van der Waals surface area contributed by atoms with Gasteiger partial charge in [0.25, 0.3) is 0 Å². The first-order valence-corrected chi connectivity index (χ1v) is 18.2. The molecule has 0 aromatic heterocycles. The molecule has 0 N–H and O–H groups in total. The highest BCUT2D eigenvalue weighted by Crippen LogP contribution is 2.30. The maximum atomic E-state index is 5.79. The second-order valence-electron chi connectivity index (χ2n) is 14.7. The number of hydrogen-bond donors (Lipinski definition) is 0. The number of hydrogen-bond acceptors (Lipinski definition) is 7. The normalized spacial score (nSPS) is 30.6. The lowest BCUT2D eigenvalue weighted by Gasteiger charge is -2.53. The Morgan fingerprint density at radius 3 is 2.07 bits per heavy atom. The fraction of sp³-hybridized carbons (Fsp3) is 1.00. The molecule has 0 bridgehead atoms. The van der Waals surface area contributed by atoms with Crippen LogP contribution in [0.2, 0.25) is 0 Å². The molecule has 4 fully saturated rings. The van der Waals surface area contributed by atoms with Crippen LogP contribution in [0.4, 0.5) is 0 Å². The Balaban J connectivity index is 1.32. The first kappa shape index (κ1) is 34.6. The Morgan fingerprint density at radius 2 is 1.40 bits per heavy atom. The number of likely N-dealkylation sites (N-methyl/N-ethyl adjacent to an activating group) is 1. The number of piperazine rings is 2. The monoisotopic (exact) mass is 592 g/mol. The van der Waals surface area contributed by atoms with E-state index in [2.05, 4.69) is 59.1 Å². The second-order valence-corrected chi connectivity index (χ2v) is 14.7. The van der Waals surface area contributed by atoms with E-state index in [9.17, 15) is 0 Å². The molecule has 3 heterocycles. The fourth-order valence-corrected chi connectivity index (χ4v) is 8.34. The number of piperidine rings is 1. The lowest BCUT2D eigenvalue weighted by molar-refractivity contribution is -0.0355. The van der Waals surface area contributed by atoms with Crippen molar-refractivity contribution in [2.24, 2.45) is 11.8 Å². The van der Waals surface area contributed by atoms with E-state index in [1.165, 1.54) is 136 Å². The van der Waals surface area contributed by atoms with Crippen molar-refractivity contribution >= 4 is 0 Å². The van der Waals surface area contributed by atoms with E-state index in [4.69, 9.17) is 9.47 Å². The van der Waals surface area contributed by atoms with Crippen LogP contribution in [0.15, 0.2) is 0 Å². The SMILES string of the molecule is CCN1CCN(CC2CCN(CCCOC(C)C)CC2)C(C2CN(C(C)C)CCN2CCC[C@H]2CC[C@H](OC)CC2)C1. The van der Waals surface area contributed by atoms with Crippen LogP contribution in [0, 0.1) is 11.8 Å². The summed E-state index contributed by atoms with van der Waals surface area (Å²) < 4.78 is 11.4. The van der Waals surface area contributed by atoms with Crippen molar-refractivity contribution < 1.29 is 9.47 Å². The van der Waals surface area contributed by atoms with Gasteiger partial charge in [-0.3, -0.25) is 14.7 Å². The Morgan fingerprint density at radius 1 is 0.690 bits per heavy atom. The third-order valence-corrected chi connectivity index (χ3v) is 11.3. The molecule has 42 heavy (non-hydrogen) atoms. The van der Waals surface area contributed by atoms with Crippen LogP contribution in [0.1, 0.15) is 92.4 Å². The summed E-state index contributed by atoms with van der Waals surface area (Å²) in [4.78, 5) is 14.1. The average Bonchev–Trinajstić information content (AvgIpc) is 3.00. The molecule has 4 rings (SSSR count). The van der Waals surface area contributed by atoms with E-state index in [-0.39, 0.29) is 0 Å². The van der Waals surface area contributed by atoms with E-state index < -0.39 is 0 Å². The van der Waals surface area contributed by atoms with Crippen LogP contribution in [0.5, 0.6) is 0 Å². The zero-order valence-corrected chi connectivity index (χ0v) is 28.7. The molecule has 0 aromatic carbocycles. The van der Waals surface area contributed by atoms with Crippen molar-refractivity contribution in [1.82, 2.24) is 24.5 Å². The molecule has 0 amide bonds. The summed E-state index contributed by atoms with van der Waals surface area (Å²) >= 11 is 0. The van der Waals surface area contributed by atoms with Gasteiger partial charge in [-0.05, 0) is 123 Å². The minimum Gasteiger partial charge on any atom is -0.381 e. The van der Waals surface area contributed by atoms with Crippen molar-refractivity contribution in [3.63, 3.8) is 0 Å². The zero-order valence-electron chi connectivity index (χ0n) is 28.7. The topological polar surface area (TPSA) is 34.7 Å². The summed E-state index contributed by atoms with van der Waals surface area (Å²) in [6.07, 6.45) is 12.8. The predicted molar refractivity (Wildman–Crippen MR) is 176 cm³/mol. The number of ether oxygens (including phenoxy) is 2. The van der Waals surface area contributed by atoms with Crippen LogP contribution >= 0.6 is 0 Å². The summed E-state index contributed by atoms with van der Waals surface area (Å²) in [5.41, 5.74) is 0. The zero-order chi connectivity index (χ0) is 29.9. The van der Waals surface area contributed by atoms with E-state index in [0.717, 1.165) is 18.4 Å². The van der Waals surface area contributed by atoms with Gasteiger partial charge in [-0.2, -0.15) is 0 Å². The molecular weight excluding hydrogens is 522 g/mol. The lowest BCUT2D eigenvalue weighted by Crippen LogP contribution is -2.67. The third-order valence-electron chi connectivity index (χ3n) is 11.3. The van der Waals surface area contributed by atoms with E-state index in [1.54, 1.807) is 0 Å². The van der Waals surface area contributed by atoms with Gasteiger partial charge in [-0.1, -0.05) is 6.92 Å². The van der Waals surface area contributed by atoms with Gasteiger partial charge in [0, 0.05) is 84.2 Å². The lowest BCUT2D eigenvalue weighted by atomic mass is 9.84. The van der Waals surface area contributed by atoms with Crippen LogP contribution < -0.4 is 0 Å². The van der Waals surface area contributed by atoms with Gasteiger partial charge in [0.05, 0.1) is 12.2 Å². The minimum atomic E-state index is 0.352. The standard InChI is InChI=1S/C35H69N5O2/c1-7-36-21-22-40(26-32-15-19-37(20-16-32)17-9-25-42-30(4)5)34(27-36)35-28-39(29(2)3)24-23-38(35)18-8-10-31-11-13-33(41-6)14-12-31/h29-35H,7-28H2,1-6H3/t31-,33-,34?,35?. The van der Waals surface area contributed by atoms with Crippen molar-refractivity contribution in [3.05, 3.63) is 0 Å². The van der Waals surface area contributed by atoms with Crippen LogP contribution in [-0.4, -0.2) is 147 Å². The molecule has 1 aliphatic carbocycles. The van der Waals surface area contributed by atoms with Crippen molar-refractivity contribution in [2.45, 2.75) is 123 Å². The molecule has 4 aliphatic rings. The molecule has 2 atom stereocenters. The Labute approximate surface area is 260 Å². The molecule has 3 saturated heterocycles. The quantitative estimate of drug-likeness (QED) is 0.251. The summed E-state index contributed by atoms with van der Waals surface area (Å²) in [6, 6.07) is 1.95. The van der Waals surface area contributed by atoms with E-state index >= 15 is 0 Å². The maximum absolute atomic E-state index is 5.79. The number of likely N-dealkylation sites (tertiary alicyclic amines) is 1. The van der Waals surface area contributed by atoms with Crippen LogP contribution in [-0.2, 0) is 9.47 Å². The highest BCUT2D eigenvalue weighted by atomic mass is 16.5. The number of nitrogens with zero attached hydrogens (tertiary/aromatic N) is 5. The molecule has 7 heteroatoms. The first-order valence-electron chi connectivity index (χ1n) is 18.2. The minimum absolute atomic E-state index is 0.352. The largest absolute Gasteiger partial charge is 0.381 e. The predicted octanol–water partition coefficient (Wildman–Crippen LogP) is 4.90. The van der Waals surface area contributed by atoms with Gasteiger partial charge in [0.2, 0.25) is 0 Å². The molecule has 0 spiro atoms. The smallest absolute Gasteiger partial charge is 0.0571 e. The molecule has 246 valence electrons. The van der Waals surface area contributed by atoms with Gasteiger partial charge >= 0.3 is 0 Å². The average molecular weight is 592 g/mol. The summed E-state index contributed by atoms with van der Waals surface area (Å²) in [7, 11) is 1.89. The molecule has 0 aromatic rings. The Bertz CT molecular complexity index is 722.